The molecule has 1 amide bonds. The Hall–Kier alpha value is -2.74. The third-order valence-electron chi connectivity index (χ3n) is 5.09. The number of carbonyl (C=O) groups excluding carboxylic acids is 1. The van der Waals surface area contributed by atoms with E-state index in [1.807, 2.05) is 0 Å². The maximum atomic E-state index is 12.3. The Bertz CT molecular complexity index is 781. The fraction of sp³-hybridized carbons (Fsp3) is 0.474. The minimum Gasteiger partial charge on any atom is -0.349 e. The Balaban J connectivity index is 1.51. The highest BCUT2D eigenvalue weighted by Crippen LogP contribution is 2.21. The molecule has 0 bridgehead atoms. The Morgan fingerprint density at radius 2 is 1.96 bits per heavy atom. The molecule has 27 heavy (non-hydrogen) atoms. The van der Waals surface area contributed by atoms with Crippen molar-refractivity contribution in [3.05, 3.63) is 52.3 Å². The Morgan fingerprint density at radius 1 is 1.26 bits per heavy atom. The lowest BCUT2D eigenvalue weighted by molar-refractivity contribution is -0.384. The molecule has 8 nitrogen and oxygen atoms in total. The molecular formula is C19H25N5O3. The Morgan fingerprint density at radius 3 is 2.63 bits per heavy atom. The first-order valence-electron chi connectivity index (χ1n) is 9.33. The molecule has 0 radical (unpaired) electrons. The number of hydrogen-bond acceptors (Lipinski definition) is 5. The average molecular weight is 371 g/mol. The molecule has 0 saturated heterocycles. The van der Waals surface area contributed by atoms with E-state index < -0.39 is 4.92 Å². The fourth-order valence-electron chi connectivity index (χ4n) is 3.46. The van der Waals surface area contributed by atoms with Gasteiger partial charge in [-0.15, -0.1) is 0 Å². The quantitative estimate of drug-likeness (QED) is 0.597. The molecule has 1 aliphatic carbocycles. The van der Waals surface area contributed by atoms with Gasteiger partial charge in [0.2, 0.25) is 0 Å². The van der Waals surface area contributed by atoms with Crippen LogP contribution in [0.2, 0.25) is 0 Å². The predicted octanol–water partition coefficient (Wildman–Crippen LogP) is 2.77. The normalized spacial score (nSPS) is 15.0. The molecule has 1 aromatic heterocycles. The third-order valence-corrected chi connectivity index (χ3v) is 5.09. The molecule has 1 aromatic carbocycles. The van der Waals surface area contributed by atoms with Crippen molar-refractivity contribution in [1.82, 2.24) is 20.0 Å². The van der Waals surface area contributed by atoms with Gasteiger partial charge in [-0.25, -0.2) is 4.68 Å². The standard InChI is InChI=1S/C19H25N5O3/c1-22(15-5-3-2-4-6-15)14-12-20-19(25)18-11-13-23(21-18)16-7-9-17(10-8-16)24(26)27/h7-11,13,15H,2-6,12,14H2,1H3,(H,20,25). The summed E-state index contributed by atoms with van der Waals surface area (Å²) in [7, 11) is 2.12. The summed E-state index contributed by atoms with van der Waals surface area (Å²) in [5, 5.41) is 17.9. The highest BCUT2D eigenvalue weighted by molar-refractivity contribution is 5.92. The molecule has 0 unspecified atom stereocenters. The number of hydrogen-bond donors (Lipinski definition) is 1. The number of nitro groups is 1. The monoisotopic (exact) mass is 371 g/mol. The third kappa shape index (κ3) is 4.91. The number of likely N-dealkylation sites (N-methyl/N-ethyl adjacent to an activating group) is 1. The molecule has 0 atom stereocenters. The number of aromatic nitrogens is 2. The SMILES string of the molecule is CN(CCNC(=O)c1ccn(-c2ccc([N+](=O)[O-])cc2)n1)C1CCCCC1. The number of benzene rings is 1. The number of amides is 1. The van der Waals surface area contributed by atoms with Crippen molar-refractivity contribution < 1.29 is 9.72 Å². The summed E-state index contributed by atoms with van der Waals surface area (Å²) in [6.07, 6.45) is 8.07. The minimum atomic E-state index is -0.448. The van der Waals surface area contributed by atoms with Gasteiger partial charge in [-0.3, -0.25) is 14.9 Å². The van der Waals surface area contributed by atoms with Crippen LogP contribution in [0, 0.1) is 10.1 Å². The lowest BCUT2D eigenvalue weighted by Crippen LogP contribution is -2.39. The molecule has 144 valence electrons. The highest BCUT2D eigenvalue weighted by Gasteiger charge is 2.18. The zero-order chi connectivity index (χ0) is 19.2. The summed E-state index contributed by atoms with van der Waals surface area (Å²) in [4.78, 5) is 24.9. The van der Waals surface area contributed by atoms with E-state index >= 15 is 0 Å². The maximum Gasteiger partial charge on any atom is 0.271 e. The summed E-state index contributed by atoms with van der Waals surface area (Å²) in [6.45, 7) is 1.40. The van der Waals surface area contributed by atoms with E-state index in [0.29, 0.717) is 24.0 Å². The molecule has 1 aliphatic rings. The molecule has 2 aromatic rings. The summed E-state index contributed by atoms with van der Waals surface area (Å²) >= 11 is 0. The van der Waals surface area contributed by atoms with Gasteiger partial charge < -0.3 is 10.2 Å². The number of rotatable bonds is 7. The first kappa shape index (κ1) is 19.0. The number of nitro benzene ring substituents is 1. The second-order valence-corrected chi connectivity index (χ2v) is 6.95. The van der Waals surface area contributed by atoms with Crippen LogP contribution in [0.5, 0.6) is 0 Å². The topological polar surface area (TPSA) is 93.3 Å². The average Bonchev–Trinajstić information content (AvgIpc) is 3.19. The first-order chi connectivity index (χ1) is 13.0. The fourth-order valence-corrected chi connectivity index (χ4v) is 3.46. The van der Waals surface area contributed by atoms with Gasteiger partial charge >= 0.3 is 0 Å². The van der Waals surface area contributed by atoms with E-state index in [-0.39, 0.29) is 11.6 Å². The Labute approximate surface area is 158 Å². The van der Waals surface area contributed by atoms with Crippen molar-refractivity contribution in [3.63, 3.8) is 0 Å². The molecule has 1 saturated carbocycles. The van der Waals surface area contributed by atoms with Gasteiger partial charge in [0, 0.05) is 37.5 Å². The van der Waals surface area contributed by atoms with Gasteiger partial charge in [-0.2, -0.15) is 5.10 Å². The second kappa shape index (κ2) is 8.77. The zero-order valence-electron chi connectivity index (χ0n) is 15.5. The van der Waals surface area contributed by atoms with Crippen molar-refractivity contribution in [1.29, 1.82) is 0 Å². The summed E-state index contributed by atoms with van der Waals surface area (Å²) in [5.41, 5.74) is 1.01. The second-order valence-electron chi connectivity index (χ2n) is 6.95. The van der Waals surface area contributed by atoms with Crippen LogP contribution in [0.3, 0.4) is 0 Å². The van der Waals surface area contributed by atoms with Crippen LogP contribution in [-0.4, -0.2) is 51.7 Å². The van der Waals surface area contributed by atoms with Crippen LogP contribution in [0.4, 0.5) is 5.69 Å². The van der Waals surface area contributed by atoms with Gasteiger partial charge in [0.25, 0.3) is 11.6 Å². The van der Waals surface area contributed by atoms with E-state index in [1.165, 1.54) is 48.9 Å². The van der Waals surface area contributed by atoms with Crippen LogP contribution in [0.25, 0.3) is 5.69 Å². The van der Waals surface area contributed by atoms with E-state index in [9.17, 15) is 14.9 Å². The number of non-ortho nitro benzene ring substituents is 1. The van der Waals surface area contributed by atoms with Crippen molar-refractivity contribution in [3.8, 4) is 5.69 Å². The van der Waals surface area contributed by atoms with Crippen molar-refractivity contribution in [2.75, 3.05) is 20.1 Å². The largest absolute Gasteiger partial charge is 0.349 e. The number of nitrogens with zero attached hydrogens (tertiary/aromatic N) is 4. The molecule has 0 aliphatic heterocycles. The molecule has 3 rings (SSSR count). The predicted molar refractivity (Wildman–Crippen MR) is 102 cm³/mol. The highest BCUT2D eigenvalue weighted by atomic mass is 16.6. The van der Waals surface area contributed by atoms with Gasteiger partial charge in [0.05, 0.1) is 10.6 Å². The van der Waals surface area contributed by atoms with Crippen molar-refractivity contribution in [2.45, 2.75) is 38.1 Å². The van der Waals surface area contributed by atoms with Crippen LogP contribution in [-0.2, 0) is 0 Å². The summed E-state index contributed by atoms with van der Waals surface area (Å²) in [5.74, 6) is -0.215. The first-order valence-corrected chi connectivity index (χ1v) is 9.33. The molecule has 1 N–H and O–H groups in total. The van der Waals surface area contributed by atoms with Gasteiger partial charge in [-0.05, 0) is 38.1 Å². The molecule has 1 fully saturated rings. The molecule has 1 heterocycles. The molecular weight excluding hydrogens is 346 g/mol. The van der Waals surface area contributed by atoms with Crippen molar-refractivity contribution >= 4 is 11.6 Å². The zero-order valence-corrected chi connectivity index (χ0v) is 15.5. The van der Waals surface area contributed by atoms with Gasteiger partial charge in [0.1, 0.15) is 0 Å². The number of carbonyl (C=O) groups is 1. The summed E-state index contributed by atoms with van der Waals surface area (Å²) in [6, 6.07) is 8.30. The molecule has 8 heteroatoms. The van der Waals surface area contributed by atoms with E-state index in [0.717, 1.165) is 6.54 Å². The van der Waals surface area contributed by atoms with Crippen LogP contribution in [0.15, 0.2) is 36.5 Å². The van der Waals surface area contributed by atoms with Crippen LogP contribution >= 0.6 is 0 Å². The maximum absolute atomic E-state index is 12.3. The van der Waals surface area contributed by atoms with E-state index in [2.05, 4.69) is 22.4 Å². The van der Waals surface area contributed by atoms with Gasteiger partial charge in [-0.1, -0.05) is 19.3 Å². The van der Waals surface area contributed by atoms with Crippen molar-refractivity contribution in [2.24, 2.45) is 0 Å². The lowest BCUT2D eigenvalue weighted by atomic mass is 9.94. The van der Waals surface area contributed by atoms with Crippen LogP contribution < -0.4 is 5.32 Å². The smallest absolute Gasteiger partial charge is 0.271 e. The van der Waals surface area contributed by atoms with E-state index in [4.69, 9.17) is 0 Å². The minimum absolute atomic E-state index is 0.0194. The van der Waals surface area contributed by atoms with E-state index in [1.54, 1.807) is 24.4 Å². The van der Waals surface area contributed by atoms with Crippen LogP contribution in [0.1, 0.15) is 42.6 Å². The summed E-state index contributed by atoms with van der Waals surface area (Å²) < 4.78 is 1.53. The Kier molecular flexibility index (Phi) is 6.18. The lowest BCUT2D eigenvalue weighted by Gasteiger charge is -2.31. The number of nitrogens with one attached hydrogen (secondary N) is 1. The van der Waals surface area contributed by atoms with Gasteiger partial charge in [0.15, 0.2) is 5.69 Å². The molecule has 0 spiro atoms.